The van der Waals surface area contributed by atoms with Gasteiger partial charge < -0.3 is 4.98 Å². The summed E-state index contributed by atoms with van der Waals surface area (Å²) in [5.41, 5.74) is 2.37. The second-order valence-corrected chi connectivity index (χ2v) is 14.2. The van der Waals surface area contributed by atoms with Gasteiger partial charge in [-0.15, -0.1) is 0 Å². The molecule has 2 unspecified atom stereocenters. The van der Waals surface area contributed by atoms with Crippen molar-refractivity contribution in [3.63, 3.8) is 0 Å². The Kier molecular flexibility index (Phi) is 17.9. The van der Waals surface area contributed by atoms with Crippen LogP contribution in [0.3, 0.4) is 0 Å². The van der Waals surface area contributed by atoms with Crippen LogP contribution in [0.25, 0.3) is 17.0 Å². The molecule has 3 aromatic carbocycles. The average Bonchev–Trinajstić information content (AvgIpc) is 3.49. The summed E-state index contributed by atoms with van der Waals surface area (Å²) in [6.45, 7) is 20.2. The van der Waals surface area contributed by atoms with Crippen LogP contribution in [0, 0.1) is 0 Å². The minimum Gasteiger partial charge on any atom is -0.361 e. The van der Waals surface area contributed by atoms with E-state index in [1.54, 1.807) is 6.08 Å². The SMILES string of the molecule is C=C/C=C(\C=C/C)P(C(/C=C\C)=C/c1c[nH]c2ccccc12)c1ccccc1.C=C/C=C\C=C(/C)P(C)c1ccccc1.CC. The highest BCUT2D eigenvalue weighted by Gasteiger charge is 2.18. The maximum Gasteiger partial charge on any atom is 0.0460 e. The lowest BCUT2D eigenvalue weighted by Gasteiger charge is -2.21. The molecule has 4 rings (SSSR count). The molecular weight excluding hydrogens is 580 g/mol. The Bertz CT molecular complexity index is 1630. The fourth-order valence-electron chi connectivity index (χ4n) is 4.49. The van der Waals surface area contributed by atoms with Gasteiger partial charge in [0.2, 0.25) is 0 Å². The highest BCUT2D eigenvalue weighted by atomic mass is 31.1. The van der Waals surface area contributed by atoms with Crippen LogP contribution in [0.1, 0.15) is 40.2 Å². The number of fused-ring (bicyclic) bond motifs is 1. The van der Waals surface area contributed by atoms with Gasteiger partial charge in [-0.1, -0.05) is 175 Å². The lowest BCUT2D eigenvalue weighted by atomic mass is 10.1. The van der Waals surface area contributed by atoms with Gasteiger partial charge in [0.15, 0.2) is 0 Å². The molecule has 3 heteroatoms. The van der Waals surface area contributed by atoms with Gasteiger partial charge in [0.25, 0.3) is 0 Å². The van der Waals surface area contributed by atoms with Crippen molar-refractivity contribution in [2.45, 2.75) is 34.6 Å². The molecule has 0 radical (unpaired) electrons. The molecule has 0 saturated heterocycles. The zero-order chi connectivity index (χ0) is 32.9. The summed E-state index contributed by atoms with van der Waals surface area (Å²) in [5.74, 6) is 0. The number of H-pyrrole nitrogens is 1. The number of rotatable bonds is 11. The van der Waals surface area contributed by atoms with Crippen molar-refractivity contribution in [1.29, 1.82) is 0 Å². The van der Waals surface area contributed by atoms with E-state index in [1.807, 2.05) is 32.1 Å². The Balaban J connectivity index is 0.000000351. The van der Waals surface area contributed by atoms with Crippen LogP contribution in [0.15, 0.2) is 181 Å². The monoisotopic (exact) mass is 629 g/mol. The van der Waals surface area contributed by atoms with E-state index < -0.39 is 7.92 Å². The van der Waals surface area contributed by atoms with Gasteiger partial charge in [-0.05, 0) is 74.1 Å². The number of para-hydroxylation sites is 1. The molecule has 232 valence electrons. The molecule has 4 aromatic rings. The summed E-state index contributed by atoms with van der Waals surface area (Å²) in [5, 5.41) is 8.01. The zero-order valence-electron chi connectivity index (χ0n) is 27.8. The van der Waals surface area contributed by atoms with E-state index in [0.29, 0.717) is 0 Å². The lowest BCUT2D eigenvalue weighted by Crippen LogP contribution is -2.02. The summed E-state index contributed by atoms with van der Waals surface area (Å²) >= 11 is 0. The smallest absolute Gasteiger partial charge is 0.0460 e. The number of hydrogen-bond donors (Lipinski definition) is 1. The van der Waals surface area contributed by atoms with E-state index in [0.717, 1.165) is 5.52 Å². The summed E-state index contributed by atoms with van der Waals surface area (Å²) in [4.78, 5) is 3.39. The first-order valence-corrected chi connectivity index (χ1v) is 18.6. The minimum absolute atomic E-state index is 0.178. The lowest BCUT2D eigenvalue weighted by molar-refractivity contribution is 1.47. The van der Waals surface area contributed by atoms with E-state index in [4.69, 9.17) is 0 Å². The maximum absolute atomic E-state index is 3.94. The molecule has 0 aliphatic carbocycles. The maximum atomic E-state index is 3.94. The number of benzene rings is 3. The molecule has 0 amide bonds. The fraction of sp³-hybridized carbons (Fsp3) is 0.143. The Morgan fingerprint density at radius 1 is 0.689 bits per heavy atom. The first kappa shape index (κ1) is 37.2. The van der Waals surface area contributed by atoms with Crippen molar-refractivity contribution < 1.29 is 0 Å². The van der Waals surface area contributed by atoms with Gasteiger partial charge in [-0.2, -0.15) is 0 Å². The number of nitrogens with one attached hydrogen (secondary N) is 1. The number of aromatic amines is 1. The van der Waals surface area contributed by atoms with E-state index in [9.17, 15) is 0 Å². The van der Waals surface area contributed by atoms with Crippen LogP contribution in [-0.2, 0) is 0 Å². The fourth-order valence-corrected chi connectivity index (χ4v) is 8.31. The molecule has 0 aliphatic heterocycles. The van der Waals surface area contributed by atoms with Crippen LogP contribution in [0.2, 0.25) is 0 Å². The molecule has 0 aliphatic rings. The van der Waals surface area contributed by atoms with Crippen LogP contribution in [0.5, 0.6) is 0 Å². The van der Waals surface area contributed by atoms with E-state index >= 15 is 0 Å². The predicted octanol–water partition coefficient (Wildman–Crippen LogP) is 12.6. The van der Waals surface area contributed by atoms with Crippen LogP contribution < -0.4 is 10.6 Å². The average molecular weight is 630 g/mol. The minimum atomic E-state index is -0.697. The van der Waals surface area contributed by atoms with Gasteiger partial charge in [-0.25, -0.2) is 0 Å². The molecule has 1 heterocycles. The number of allylic oxidation sites excluding steroid dienone is 13. The van der Waals surface area contributed by atoms with Crippen molar-refractivity contribution >= 4 is 43.4 Å². The molecule has 0 saturated carbocycles. The molecule has 45 heavy (non-hydrogen) atoms. The normalized spacial score (nSPS) is 13.7. The van der Waals surface area contributed by atoms with Crippen LogP contribution in [0.4, 0.5) is 0 Å². The Labute approximate surface area is 275 Å². The second-order valence-electron chi connectivity index (χ2n) is 9.68. The van der Waals surface area contributed by atoms with Crippen LogP contribution in [-0.4, -0.2) is 11.6 Å². The summed E-state index contributed by atoms with van der Waals surface area (Å²) in [7, 11) is -0.875. The third kappa shape index (κ3) is 11.8. The Hall–Kier alpha value is -4.02. The highest BCUT2D eigenvalue weighted by Crippen LogP contribution is 2.53. The van der Waals surface area contributed by atoms with Crippen molar-refractivity contribution in [3.8, 4) is 0 Å². The summed E-state index contributed by atoms with van der Waals surface area (Å²) in [6, 6.07) is 29.8. The predicted molar refractivity (Wildman–Crippen MR) is 211 cm³/mol. The third-order valence-corrected chi connectivity index (χ3v) is 11.4. The van der Waals surface area contributed by atoms with E-state index in [1.165, 1.54) is 37.5 Å². The molecular formula is C42H49NP2. The van der Waals surface area contributed by atoms with Crippen LogP contribution >= 0.6 is 15.8 Å². The second kappa shape index (κ2) is 21.6. The number of aromatic nitrogens is 1. The largest absolute Gasteiger partial charge is 0.361 e. The molecule has 0 fully saturated rings. The first-order chi connectivity index (χ1) is 22.0. The summed E-state index contributed by atoms with van der Waals surface area (Å²) in [6.07, 6.45) is 25.1. The number of hydrogen-bond acceptors (Lipinski definition) is 0. The molecule has 1 N–H and O–H groups in total. The molecule has 1 aromatic heterocycles. The van der Waals surface area contributed by atoms with Crippen molar-refractivity contribution in [3.05, 3.63) is 187 Å². The van der Waals surface area contributed by atoms with Gasteiger partial charge in [0.1, 0.15) is 0 Å². The van der Waals surface area contributed by atoms with E-state index in [2.05, 4.69) is 179 Å². The van der Waals surface area contributed by atoms with Crippen molar-refractivity contribution in [2.24, 2.45) is 0 Å². The van der Waals surface area contributed by atoms with Crippen molar-refractivity contribution in [1.82, 2.24) is 4.98 Å². The van der Waals surface area contributed by atoms with Gasteiger partial charge >= 0.3 is 0 Å². The molecule has 0 spiro atoms. The highest BCUT2D eigenvalue weighted by molar-refractivity contribution is 7.74. The first-order valence-electron chi connectivity index (χ1n) is 15.5. The molecule has 0 bridgehead atoms. The Morgan fingerprint density at radius 2 is 1.27 bits per heavy atom. The summed E-state index contributed by atoms with van der Waals surface area (Å²) < 4.78 is 0. The van der Waals surface area contributed by atoms with E-state index in [-0.39, 0.29) is 7.92 Å². The van der Waals surface area contributed by atoms with Gasteiger partial charge in [-0.3, -0.25) is 0 Å². The third-order valence-electron chi connectivity index (χ3n) is 6.68. The Morgan fingerprint density at radius 3 is 1.87 bits per heavy atom. The topological polar surface area (TPSA) is 15.8 Å². The zero-order valence-corrected chi connectivity index (χ0v) is 29.6. The van der Waals surface area contributed by atoms with Crippen molar-refractivity contribution in [2.75, 3.05) is 6.66 Å². The molecule has 1 nitrogen and oxygen atoms in total. The van der Waals surface area contributed by atoms with Gasteiger partial charge in [0.05, 0.1) is 0 Å². The standard InChI is InChI=1S/C26H26NP.C14H17P.C2H6/c1-4-12-22(13-5-2)28(23-15-8-7-9-16-23)24(14-6-3)19-21-20-27-26-18-11-10-17-25(21)26;1-4-5-7-10-13(2)15(3)14-11-8-6-9-12-14;1-2/h4-20,27H,1H2,2-3H3;4-12H,1H2,2-3H3;1-2H3/b13-5-,14-6-,22-12+,24-19+;7-5-,13-10+;. The molecule has 2 atom stereocenters. The van der Waals surface area contributed by atoms with Gasteiger partial charge in [0, 0.05) is 22.7 Å². The quantitative estimate of drug-likeness (QED) is 0.125.